The van der Waals surface area contributed by atoms with Gasteiger partial charge in [-0.25, -0.2) is 9.69 Å². The van der Waals surface area contributed by atoms with Crippen LogP contribution in [0.3, 0.4) is 0 Å². The Morgan fingerprint density at radius 2 is 1.77 bits per heavy atom. The van der Waals surface area contributed by atoms with E-state index in [1.165, 1.54) is 25.3 Å². The smallest absolute Gasteiger partial charge is 0.335 e. The Labute approximate surface area is 242 Å². The number of hydrogen-bond donors (Lipinski definition) is 1. The minimum Gasteiger partial charge on any atom is -0.493 e. The lowest BCUT2D eigenvalue weighted by molar-refractivity contribution is -0.122. The number of rotatable bonds is 9. The molecule has 39 heavy (non-hydrogen) atoms. The number of barbiturate groups is 1. The van der Waals surface area contributed by atoms with Gasteiger partial charge in [0.05, 0.1) is 17.3 Å². The van der Waals surface area contributed by atoms with E-state index in [2.05, 4.69) is 27.8 Å². The third kappa shape index (κ3) is 6.44. The largest absolute Gasteiger partial charge is 0.493 e. The molecule has 0 spiro atoms. The molecule has 1 saturated heterocycles. The molecular formula is C28H21BrCl2N2O6. The van der Waals surface area contributed by atoms with Gasteiger partial charge in [0.2, 0.25) is 0 Å². The summed E-state index contributed by atoms with van der Waals surface area (Å²) in [5, 5.41) is 3.20. The van der Waals surface area contributed by atoms with Gasteiger partial charge in [-0.3, -0.25) is 14.9 Å². The van der Waals surface area contributed by atoms with E-state index in [1.807, 2.05) is 0 Å². The van der Waals surface area contributed by atoms with Gasteiger partial charge in [0.25, 0.3) is 11.8 Å². The van der Waals surface area contributed by atoms with E-state index in [1.54, 1.807) is 48.5 Å². The molecule has 0 radical (unpaired) electrons. The fourth-order valence-corrected chi connectivity index (χ4v) is 4.69. The van der Waals surface area contributed by atoms with E-state index in [0.29, 0.717) is 37.3 Å². The van der Waals surface area contributed by atoms with Crippen LogP contribution in [0.4, 0.5) is 10.5 Å². The van der Waals surface area contributed by atoms with Crippen LogP contribution in [0.15, 0.2) is 77.3 Å². The van der Waals surface area contributed by atoms with Gasteiger partial charge >= 0.3 is 6.03 Å². The van der Waals surface area contributed by atoms with Crippen LogP contribution in [0.5, 0.6) is 17.2 Å². The number of carbonyl (C=O) groups excluding carboxylic acids is 3. The maximum Gasteiger partial charge on any atom is 0.335 e. The molecule has 4 amide bonds. The quantitative estimate of drug-likeness (QED) is 0.163. The van der Waals surface area contributed by atoms with Gasteiger partial charge in [-0.2, -0.15) is 0 Å². The molecule has 3 aromatic rings. The molecule has 0 unspecified atom stereocenters. The first kappa shape index (κ1) is 28.2. The highest BCUT2D eigenvalue weighted by Gasteiger charge is 2.37. The van der Waals surface area contributed by atoms with Crippen LogP contribution in [-0.4, -0.2) is 31.6 Å². The molecule has 1 N–H and O–H groups in total. The first-order chi connectivity index (χ1) is 18.7. The number of carbonyl (C=O) groups is 3. The average molecular weight is 632 g/mol. The summed E-state index contributed by atoms with van der Waals surface area (Å²) in [4.78, 5) is 39.4. The van der Waals surface area contributed by atoms with E-state index in [4.69, 9.17) is 37.4 Å². The second-order valence-electron chi connectivity index (χ2n) is 8.11. The molecule has 1 fully saturated rings. The summed E-state index contributed by atoms with van der Waals surface area (Å²) in [7, 11) is 1.47. The summed E-state index contributed by atoms with van der Waals surface area (Å²) in [5.41, 5.74) is 1.23. The summed E-state index contributed by atoms with van der Waals surface area (Å²) < 4.78 is 17.3. The first-order valence-electron chi connectivity index (χ1n) is 11.4. The van der Waals surface area contributed by atoms with Crippen molar-refractivity contribution in [1.82, 2.24) is 5.32 Å². The second-order valence-corrected chi connectivity index (χ2v) is 9.81. The number of ether oxygens (including phenoxy) is 3. The number of hydrogen-bond acceptors (Lipinski definition) is 6. The molecule has 11 heteroatoms. The summed E-state index contributed by atoms with van der Waals surface area (Å²) >= 11 is 15.5. The molecule has 0 aliphatic carbocycles. The topological polar surface area (TPSA) is 94.2 Å². The van der Waals surface area contributed by atoms with Crippen molar-refractivity contribution in [2.75, 3.05) is 18.6 Å². The van der Waals surface area contributed by atoms with Crippen LogP contribution in [-0.2, 0) is 16.2 Å². The molecule has 8 nitrogen and oxygen atoms in total. The van der Waals surface area contributed by atoms with E-state index in [9.17, 15) is 14.4 Å². The summed E-state index contributed by atoms with van der Waals surface area (Å²) in [6.45, 7) is 4.07. The number of nitrogens with one attached hydrogen (secondary N) is 1. The number of urea groups is 1. The zero-order chi connectivity index (χ0) is 28.1. The third-order valence-corrected chi connectivity index (χ3v) is 6.69. The number of methoxy groups -OCH3 is 1. The fraction of sp³-hybridized carbons (Fsp3) is 0.107. The Morgan fingerprint density at radius 1 is 1.03 bits per heavy atom. The zero-order valence-corrected chi connectivity index (χ0v) is 23.6. The monoisotopic (exact) mass is 630 g/mol. The normalized spacial score (nSPS) is 14.3. The minimum absolute atomic E-state index is 0.191. The SMILES string of the molecule is C=CCOc1c(Br)cc(/C=C2\C(=O)NC(=O)N(c3ccc(OCc4ccc(Cl)cc4Cl)cc3)C2=O)cc1OC. The Hall–Kier alpha value is -3.79. The molecule has 200 valence electrons. The van der Waals surface area contributed by atoms with Crippen molar-refractivity contribution < 1.29 is 28.6 Å². The highest BCUT2D eigenvalue weighted by atomic mass is 79.9. The Bertz CT molecular complexity index is 1490. The van der Waals surface area contributed by atoms with Gasteiger partial charge in [-0.05, 0) is 76.1 Å². The van der Waals surface area contributed by atoms with Gasteiger partial charge in [0.1, 0.15) is 24.5 Å². The van der Waals surface area contributed by atoms with Crippen molar-refractivity contribution in [2.24, 2.45) is 0 Å². The van der Waals surface area contributed by atoms with Gasteiger partial charge in [-0.1, -0.05) is 41.9 Å². The van der Waals surface area contributed by atoms with Crippen LogP contribution in [0.25, 0.3) is 6.08 Å². The number of benzene rings is 3. The molecule has 3 aromatic carbocycles. The van der Waals surface area contributed by atoms with Crippen LogP contribution in [0, 0.1) is 0 Å². The number of nitrogens with zero attached hydrogens (tertiary/aromatic N) is 1. The van der Waals surface area contributed by atoms with Crippen molar-refractivity contribution in [2.45, 2.75) is 6.61 Å². The van der Waals surface area contributed by atoms with Crippen molar-refractivity contribution in [3.63, 3.8) is 0 Å². The van der Waals surface area contributed by atoms with E-state index >= 15 is 0 Å². The number of imide groups is 2. The van der Waals surface area contributed by atoms with Gasteiger partial charge in [0, 0.05) is 15.6 Å². The third-order valence-electron chi connectivity index (χ3n) is 5.51. The molecule has 1 aliphatic heterocycles. The molecule has 0 bridgehead atoms. The lowest BCUT2D eigenvalue weighted by Gasteiger charge is -2.26. The van der Waals surface area contributed by atoms with E-state index < -0.39 is 17.8 Å². The standard InChI is InChI=1S/C28H21BrCl2N2O6/c1-3-10-38-25-22(29)12-16(13-24(25)37-2)11-21-26(34)32-28(36)33(27(21)35)19-6-8-20(9-7-19)39-15-17-4-5-18(30)14-23(17)31/h3-9,11-14H,1,10,15H2,2H3,(H,32,34,36)/b21-11+. The molecular weight excluding hydrogens is 611 g/mol. The van der Waals surface area contributed by atoms with Crippen molar-refractivity contribution in [1.29, 1.82) is 0 Å². The number of anilines is 1. The van der Waals surface area contributed by atoms with Crippen LogP contribution in [0.2, 0.25) is 10.0 Å². The molecule has 1 aliphatic rings. The van der Waals surface area contributed by atoms with Crippen LogP contribution in [0.1, 0.15) is 11.1 Å². The van der Waals surface area contributed by atoms with Crippen LogP contribution >= 0.6 is 39.1 Å². The number of halogens is 3. The Balaban J connectivity index is 1.56. The van der Waals surface area contributed by atoms with Gasteiger partial charge in [0.15, 0.2) is 11.5 Å². The number of amides is 4. The highest BCUT2D eigenvalue weighted by molar-refractivity contribution is 9.10. The maximum atomic E-state index is 13.3. The van der Waals surface area contributed by atoms with Crippen molar-refractivity contribution in [3.8, 4) is 17.2 Å². The molecule has 1 heterocycles. The lowest BCUT2D eigenvalue weighted by atomic mass is 10.1. The molecule has 0 aromatic heterocycles. The summed E-state index contributed by atoms with van der Waals surface area (Å²) in [5.74, 6) is -0.297. The summed E-state index contributed by atoms with van der Waals surface area (Å²) in [6.07, 6.45) is 2.96. The predicted molar refractivity (Wildman–Crippen MR) is 153 cm³/mol. The van der Waals surface area contributed by atoms with Crippen LogP contribution < -0.4 is 24.4 Å². The van der Waals surface area contributed by atoms with E-state index in [-0.39, 0.29) is 24.5 Å². The molecule has 4 rings (SSSR count). The molecule has 0 atom stereocenters. The first-order valence-corrected chi connectivity index (χ1v) is 13.0. The van der Waals surface area contributed by atoms with Gasteiger partial charge in [-0.15, -0.1) is 0 Å². The van der Waals surface area contributed by atoms with Crippen molar-refractivity contribution >= 4 is 68.7 Å². The molecule has 0 saturated carbocycles. The zero-order valence-electron chi connectivity index (χ0n) is 20.5. The Morgan fingerprint density at radius 3 is 2.44 bits per heavy atom. The Kier molecular flexibility index (Phi) is 8.96. The predicted octanol–water partition coefficient (Wildman–Crippen LogP) is 6.57. The lowest BCUT2D eigenvalue weighted by Crippen LogP contribution is -2.54. The average Bonchev–Trinajstić information content (AvgIpc) is 2.90. The summed E-state index contributed by atoms with van der Waals surface area (Å²) in [6, 6.07) is 13.8. The maximum absolute atomic E-state index is 13.3. The highest BCUT2D eigenvalue weighted by Crippen LogP contribution is 2.37. The van der Waals surface area contributed by atoms with Crippen molar-refractivity contribution in [3.05, 3.63) is 98.5 Å². The minimum atomic E-state index is -0.865. The van der Waals surface area contributed by atoms with Gasteiger partial charge < -0.3 is 14.2 Å². The van der Waals surface area contributed by atoms with E-state index in [0.717, 1.165) is 10.5 Å². The fourth-order valence-electron chi connectivity index (χ4n) is 3.66. The second kappa shape index (κ2) is 12.4.